The van der Waals surface area contributed by atoms with E-state index in [1.165, 1.54) is 26.2 Å². The van der Waals surface area contributed by atoms with E-state index in [-0.39, 0.29) is 0 Å². The molecule has 0 aliphatic heterocycles. The molecule has 0 amide bonds. The first-order valence-electron chi connectivity index (χ1n) is 6.32. The van der Waals surface area contributed by atoms with E-state index in [1.54, 1.807) is 0 Å². The van der Waals surface area contributed by atoms with Crippen molar-refractivity contribution in [3.8, 4) is 0 Å². The summed E-state index contributed by atoms with van der Waals surface area (Å²) >= 11 is 6.28. The maximum Gasteiger partial charge on any atom is 0.0436 e. The molecule has 0 aliphatic rings. The molecule has 1 heterocycles. The molecule has 0 saturated carbocycles. The fraction of sp³-hybridized carbons (Fsp3) is 0.400. The van der Waals surface area contributed by atoms with Crippen molar-refractivity contribution in [3.63, 3.8) is 0 Å². The van der Waals surface area contributed by atoms with Crippen LogP contribution in [0.5, 0.6) is 0 Å². The molecule has 0 bridgehead atoms. The van der Waals surface area contributed by atoms with E-state index in [4.69, 9.17) is 0 Å². The van der Waals surface area contributed by atoms with E-state index >= 15 is 0 Å². The van der Waals surface area contributed by atoms with E-state index < -0.39 is 0 Å². The van der Waals surface area contributed by atoms with Crippen LogP contribution < -0.4 is 0 Å². The van der Waals surface area contributed by atoms with Gasteiger partial charge in [-0.05, 0) is 43.4 Å². The summed E-state index contributed by atoms with van der Waals surface area (Å²) in [6, 6.07) is 6.39. The van der Waals surface area contributed by atoms with Gasteiger partial charge in [0.1, 0.15) is 0 Å². The number of benzene rings is 1. The Kier molecular flexibility index (Phi) is 4.46. The molecule has 0 spiro atoms. The Balaban J connectivity index is 2.21. The summed E-state index contributed by atoms with van der Waals surface area (Å²) in [5, 5.41) is 1.36. The number of thiophene rings is 1. The minimum absolute atomic E-state index is 0.904. The minimum Gasteiger partial charge on any atom is -0.294 e. The van der Waals surface area contributed by atoms with Crippen LogP contribution in [0.2, 0.25) is 0 Å². The summed E-state index contributed by atoms with van der Waals surface area (Å²) in [5.41, 5.74) is 2.65. The number of aliphatic imine (C=N–C) groups is 1. The maximum absolute atomic E-state index is 4.57. The van der Waals surface area contributed by atoms with Crippen LogP contribution in [0.25, 0.3) is 10.1 Å². The highest BCUT2D eigenvalue weighted by Gasteiger charge is 2.07. The Morgan fingerprint density at radius 2 is 2.17 bits per heavy atom. The second kappa shape index (κ2) is 5.89. The lowest BCUT2D eigenvalue weighted by Gasteiger charge is -1.98. The molecular weight excluding hydrogens is 258 g/mol. The van der Waals surface area contributed by atoms with Crippen molar-refractivity contribution in [2.24, 2.45) is 4.99 Å². The van der Waals surface area contributed by atoms with E-state index in [2.05, 4.69) is 56.6 Å². The van der Waals surface area contributed by atoms with Gasteiger partial charge in [0.25, 0.3) is 0 Å². The number of thiol groups is 1. The summed E-state index contributed by atoms with van der Waals surface area (Å²) in [6.07, 6.45) is 2.10. The van der Waals surface area contributed by atoms with E-state index in [1.807, 2.05) is 11.3 Å². The molecule has 1 aromatic heterocycles. The molecule has 0 N–H and O–H groups in total. The van der Waals surface area contributed by atoms with Gasteiger partial charge >= 0.3 is 0 Å². The zero-order valence-corrected chi connectivity index (χ0v) is 12.9. The minimum atomic E-state index is 0.904. The number of nitrogens with zero attached hydrogens (tertiary/aromatic N) is 1. The fourth-order valence-electron chi connectivity index (χ4n) is 1.96. The number of hydrogen-bond donors (Lipinski definition) is 1. The van der Waals surface area contributed by atoms with E-state index in [0.717, 1.165) is 24.3 Å². The zero-order chi connectivity index (χ0) is 13.1. The molecule has 0 atom stereocenters. The lowest BCUT2D eigenvalue weighted by atomic mass is 10.1. The average molecular weight is 277 g/mol. The maximum atomic E-state index is 4.57. The molecule has 2 aromatic rings. The van der Waals surface area contributed by atoms with Gasteiger partial charge in [0.15, 0.2) is 0 Å². The fourth-order valence-corrected chi connectivity index (χ4v) is 3.49. The Labute approximate surface area is 118 Å². The van der Waals surface area contributed by atoms with Crippen LogP contribution in [0.3, 0.4) is 0 Å². The molecule has 18 heavy (non-hydrogen) atoms. The van der Waals surface area contributed by atoms with Crippen LogP contribution >= 0.6 is 24.0 Å². The summed E-state index contributed by atoms with van der Waals surface area (Å²) in [6.45, 7) is 7.37. The van der Waals surface area contributed by atoms with Crippen LogP contribution in [0.15, 0.2) is 28.1 Å². The van der Waals surface area contributed by atoms with Crippen molar-refractivity contribution in [2.75, 3.05) is 6.54 Å². The van der Waals surface area contributed by atoms with Crippen LogP contribution in [-0.2, 0) is 6.42 Å². The molecule has 0 saturated heterocycles. The molecule has 1 aromatic carbocycles. The van der Waals surface area contributed by atoms with Gasteiger partial charge in [-0.1, -0.05) is 13.0 Å². The molecule has 0 aliphatic carbocycles. The lowest BCUT2D eigenvalue weighted by Crippen LogP contribution is -1.94. The van der Waals surface area contributed by atoms with Crippen molar-refractivity contribution in [1.82, 2.24) is 0 Å². The lowest BCUT2D eigenvalue weighted by molar-refractivity contribution is 0.970. The normalized spacial score (nSPS) is 12.3. The second-order valence-corrected chi connectivity index (χ2v) is 6.20. The molecular formula is C15H19NS2. The van der Waals surface area contributed by atoms with Gasteiger partial charge in [-0.3, -0.25) is 4.99 Å². The quantitative estimate of drug-likeness (QED) is 0.602. The Morgan fingerprint density at radius 1 is 1.39 bits per heavy atom. The van der Waals surface area contributed by atoms with E-state index in [9.17, 15) is 0 Å². The predicted octanol–water partition coefficient (Wildman–Crippen LogP) is 4.91. The van der Waals surface area contributed by atoms with Gasteiger partial charge in [-0.2, -0.15) is 0 Å². The molecule has 1 nitrogen and oxygen atoms in total. The average Bonchev–Trinajstić information content (AvgIpc) is 2.65. The van der Waals surface area contributed by atoms with Gasteiger partial charge in [0.05, 0.1) is 0 Å². The molecule has 0 unspecified atom stereocenters. The van der Waals surface area contributed by atoms with Gasteiger partial charge < -0.3 is 0 Å². The molecule has 3 heteroatoms. The van der Waals surface area contributed by atoms with Crippen molar-refractivity contribution < 1.29 is 0 Å². The van der Waals surface area contributed by atoms with Crippen LogP contribution in [0.1, 0.15) is 30.7 Å². The monoisotopic (exact) mass is 277 g/mol. The second-order valence-electron chi connectivity index (χ2n) is 4.55. The van der Waals surface area contributed by atoms with Crippen LogP contribution in [-0.4, -0.2) is 12.3 Å². The van der Waals surface area contributed by atoms with Crippen molar-refractivity contribution in [2.45, 2.75) is 38.5 Å². The first kappa shape index (κ1) is 13.6. The SMILES string of the molecule is CCC(C)=NCCc1sc2cc(S)ccc2c1C. The van der Waals surface area contributed by atoms with Gasteiger partial charge in [0.2, 0.25) is 0 Å². The topological polar surface area (TPSA) is 12.4 Å². The standard InChI is InChI=1S/C15H19NS2/c1-4-10(2)16-8-7-14-11(3)13-6-5-12(17)9-15(13)18-14/h5-6,9,17H,4,7-8H2,1-3H3. The van der Waals surface area contributed by atoms with Crippen LogP contribution in [0.4, 0.5) is 0 Å². The highest BCUT2D eigenvalue weighted by atomic mass is 32.1. The van der Waals surface area contributed by atoms with Gasteiger partial charge in [0, 0.05) is 33.1 Å². The summed E-state index contributed by atoms with van der Waals surface area (Å²) in [5.74, 6) is 0. The summed E-state index contributed by atoms with van der Waals surface area (Å²) in [7, 11) is 0. The Morgan fingerprint density at radius 3 is 2.89 bits per heavy atom. The smallest absolute Gasteiger partial charge is 0.0436 e. The third-order valence-electron chi connectivity index (χ3n) is 3.25. The van der Waals surface area contributed by atoms with E-state index in [0.29, 0.717) is 0 Å². The largest absolute Gasteiger partial charge is 0.294 e. The molecule has 0 radical (unpaired) electrons. The van der Waals surface area contributed by atoms with Gasteiger partial charge in [-0.25, -0.2) is 0 Å². The molecule has 0 fully saturated rings. The number of fused-ring (bicyclic) bond motifs is 1. The van der Waals surface area contributed by atoms with Gasteiger partial charge in [-0.15, -0.1) is 24.0 Å². The Bertz CT molecular complexity index is 581. The van der Waals surface area contributed by atoms with Crippen LogP contribution in [0, 0.1) is 6.92 Å². The first-order valence-corrected chi connectivity index (χ1v) is 7.59. The van der Waals surface area contributed by atoms with Crippen molar-refractivity contribution in [1.29, 1.82) is 0 Å². The number of aryl methyl sites for hydroxylation is 1. The summed E-state index contributed by atoms with van der Waals surface area (Å²) in [4.78, 5) is 7.07. The third-order valence-corrected chi connectivity index (χ3v) is 4.85. The first-order chi connectivity index (χ1) is 8.61. The van der Waals surface area contributed by atoms with Crippen molar-refractivity contribution in [3.05, 3.63) is 28.6 Å². The van der Waals surface area contributed by atoms with Crippen molar-refractivity contribution >= 4 is 39.8 Å². The predicted molar refractivity (Wildman–Crippen MR) is 85.8 cm³/mol. The number of hydrogen-bond acceptors (Lipinski definition) is 3. The molecule has 96 valence electrons. The highest BCUT2D eigenvalue weighted by Crippen LogP contribution is 2.32. The highest BCUT2D eigenvalue weighted by molar-refractivity contribution is 7.80. The third kappa shape index (κ3) is 2.96. The molecule has 2 rings (SSSR count). The Hall–Kier alpha value is -0.800. The number of rotatable bonds is 4. The summed E-state index contributed by atoms with van der Waals surface area (Å²) < 4.78 is 1.34. The zero-order valence-electron chi connectivity index (χ0n) is 11.2.